The molecule has 1 aliphatic heterocycles. The average molecular weight is 275 g/mol. The zero-order valence-corrected chi connectivity index (χ0v) is 12.7. The molecule has 110 valence electrons. The first-order valence-corrected chi connectivity index (χ1v) is 7.33. The van der Waals surface area contributed by atoms with Gasteiger partial charge in [-0.1, -0.05) is 19.1 Å². The van der Waals surface area contributed by atoms with Gasteiger partial charge in [-0.2, -0.15) is 0 Å². The molecular weight excluding hydrogens is 250 g/mol. The van der Waals surface area contributed by atoms with E-state index >= 15 is 0 Å². The molecule has 2 N–H and O–H groups in total. The molecule has 0 radical (unpaired) electrons. The van der Waals surface area contributed by atoms with Gasteiger partial charge in [-0.25, -0.2) is 0 Å². The molecule has 0 aliphatic carbocycles. The van der Waals surface area contributed by atoms with E-state index in [1.165, 1.54) is 5.69 Å². The Morgan fingerprint density at radius 3 is 2.55 bits per heavy atom. The van der Waals surface area contributed by atoms with Crippen molar-refractivity contribution < 1.29 is 4.79 Å². The van der Waals surface area contributed by atoms with Crippen LogP contribution in [0.3, 0.4) is 0 Å². The van der Waals surface area contributed by atoms with Crippen LogP contribution in [0.4, 0.5) is 5.69 Å². The summed E-state index contributed by atoms with van der Waals surface area (Å²) in [5.41, 5.74) is 2.11. The van der Waals surface area contributed by atoms with Crippen molar-refractivity contribution in [2.75, 3.05) is 32.1 Å². The molecule has 1 saturated heterocycles. The third kappa shape index (κ3) is 3.12. The molecule has 1 aliphatic rings. The van der Waals surface area contributed by atoms with Crippen molar-refractivity contribution in [1.29, 1.82) is 0 Å². The van der Waals surface area contributed by atoms with Gasteiger partial charge in [0.1, 0.15) is 0 Å². The second-order valence-electron chi connectivity index (χ2n) is 5.80. The van der Waals surface area contributed by atoms with Crippen LogP contribution in [-0.2, 0) is 11.3 Å². The summed E-state index contributed by atoms with van der Waals surface area (Å²) >= 11 is 0. The molecule has 1 heterocycles. The predicted octanol–water partition coefficient (Wildman–Crippen LogP) is 1.76. The van der Waals surface area contributed by atoms with Crippen molar-refractivity contribution in [1.82, 2.24) is 10.6 Å². The highest BCUT2D eigenvalue weighted by Crippen LogP contribution is 2.29. The van der Waals surface area contributed by atoms with Crippen molar-refractivity contribution in [2.45, 2.75) is 26.3 Å². The molecule has 0 saturated carbocycles. The Morgan fingerprint density at radius 1 is 1.35 bits per heavy atom. The number of nitrogens with one attached hydrogen (secondary N) is 2. The monoisotopic (exact) mass is 275 g/mol. The highest BCUT2D eigenvalue weighted by molar-refractivity contribution is 5.83. The van der Waals surface area contributed by atoms with Crippen molar-refractivity contribution in [3.8, 4) is 0 Å². The molecule has 1 aromatic rings. The lowest BCUT2D eigenvalue weighted by Crippen LogP contribution is -2.41. The van der Waals surface area contributed by atoms with Gasteiger partial charge in [0.05, 0.1) is 5.41 Å². The smallest absolute Gasteiger partial charge is 0.227 e. The Morgan fingerprint density at radius 2 is 2.05 bits per heavy atom. The second kappa shape index (κ2) is 6.27. The number of amides is 1. The van der Waals surface area contributed by atoms with Gasteiger partial charge in [0.25, 0.3) is 0 Å². The fourth-order valence-electron chi connectivity index (χ4n) is 2.68. The van der Waals surface area contributed by atoms with E-state index in [1.54, 1.807) is 0 Å². The van der Waals surface area contributed by atoms with E-state index in [2.05, 4.69) is 46.7 Å². The number of carbonyl (C=O) groups excluding carboxylic acids is 1. The van der Waals surface area contributed by atoms with Gasteiger partial charge in [-0.05, 0) is 37.1 Å². The van der Waals surface area contributed by atoms with Gasteiger partial charge in [0.2, 0.25) is 5.91 Å². The molecule has 1 unspecified atom stereocenters. The Kier molecular flexibility index (Phi) is 4.65. The van der Waals surface area contributed by atoms with Crippen LogP contribution in [0, 0.1) is 5.41 Å². The fraction of sp³-hybridized carbons (Fsp3) is 0.562. The van der Waals surface area contributed by atoms with Crippen LogP contribution >= 0.6 is 0 Å². The van der Waals surface area contributed by atoms with E-state index in [9.17, 15) is 4.79 Å². The highest BCUT2D eigenvalue weighted by atomic mass is 16.2. The number of nitrogens with zero attached hydrogens (tertiary/aromatic N) is 1. The number of hydrogen-bond acceptors (Lipinski definition) is 3. The van der Waals surface area contributed by atoms with E-state index in [-0.39, 0.29) is 11.3 Å². The van der Waals surface area contributed by atoms with E-state index in [0.717, 1.165) is 31.5 Å². The van der Waals surface area contributed by atoms with E-state index in [0.29, 0.717) is 6.54 Å². The summed E-state index contributed by atoms with van der Waals surface area (Å²) in [6.07, 6.45) is 1.83. The summed E-state index contributed by atoms with van der Waals surface area (Å²) in [5, 5.41) is 6.39. The minimum absolute atomic E-state index is 0.182. The topological polar surface area (TPSA) is 44.4 Å². The van der Waals surface area contributed by atoms with Gasteiger partial charge in [0, 0.05) is 32.9 Å². The molecule has 1 aromatic carbocycles. The van der Waals surface area contributed by atoms with E-state index in [4.69, 9.17) is 0 Å². The summed E-state index contributed by atoms with van der Waals surface area (Å²) in [7, 11) is 4.05. The molecule has 0 aromatic heterocycles. The van der Waals surface area contributed by atoms with Crippen LogP contribution in [0.25, 0.3) is 0 Å². The third-order valence-electron chi connectivity index (χ3n) is 4.31. The Labute approximate surface area is 121 Å². The lowest BCUT2D eigenvalue weighted by molar-refractivity contribution is -0.130. The van der Waals surface area contributed by atoms with Crippen LogP contribution in [-0.4, -0.2) is 33.1 Å². The van der Waals surface area contributed by atoms with E-state index < -0.39 is 0 Å². The maximum absolute atomic E-state index is 12.4. The quantitative estimate of drug-likeness (QED) is 0.860. The number of anilines is 1. The first kappa shape index (κ1) is 14.9. The standard InChI is InChI=1S/C16H25N3O/c1-4-16(9-10-17-12-16)15(20)18-11-13-5-7-14(8-6-13)19(2)3/h5-8,17H,4,9-12H2,1-3H3,(H,18,20). The highest BCUT2D eigenvalue weighted by Gasteiger charge is 2.39. The summed E-state index contributed by atoms with van der Waals surface area (Å²) in [6.45, 7) is 4.44. The van der Waals surface area contributed by atoms with Gasteiger partial charge in [-0.3, -0.25) is 4.79 Å². The molecule has 1 amide bonds. The van der Waals surface area contributed by atoms with Crippen molar-refractivity contribution in [2.24, 2.45) is 5.41 Å². The van der Waals surface area contributed by atoms with Crippen molar-refractivity contribution >= 4 is 11.6 Å². The molecule has 4 heteroatoms. The number of benzene rings is 1. The molecule has 1 atom stereocenters. The zero-order valence-electron chi connectivity index (χ0n) is 12.7. The van der Waals surface area contributed by atoms with Crippen LogP contribution in [0.2, 0.25) is 0 Å². The fourth-order valence-corrected chi connectivity index (χ4v) is 2.68. The molecular formula is C16H25N3O. The van der Waals surface area contributed by atoms with Crippen molar-refractivity contribution in [3.05, 3.63) is 29.8 Å². The average Bonchev–Trinajstić information content (AvgIpc) is 2.95. The SMILES string of the molecule is CCC1(C(=O)NCc2ccc(N(C)C)cc2)CCNC1. The van der Waals surface area contributed by atoms with Gasteiger partial charge in [-0.15, -0.1) is 0 Å². The lowest BCUT2D eigenvalue weighted by atomic mass is 9.83. The number of rotatable bonds is 5. The maximum Gasteiger partial charge on any atom is 0.227 e. The zero-order chi connectivity index (χ0) is 14.6. The van der Waals surface area contributed by atoms with Gasteiger partial charge in [0.15, 0.2) is 0 Å². The Bertz CT molecular complexity index is 447. The minimum atomic E-state index is -0.205. The predicted molar refractivity (Wildman–Crippen MR) is 82.8 cm³/mol. The number of carbonyl (C=O) groups is 1. The second-order valence-corrected chi connectivity index (χ2v) is 5.80. The summed E-state index contributed by atoms with van der Waals surface area (Å²) in [4.78, 5) is 14.5. The molecule has 2 rings (SSSR count). The molecule has 20 heavy (non-hydrogen) atoms. The summed E-state index contributed by atoms with van der Waals surface area (Å²) in [5.74, 6) is 0.182. The van der Waals surface area contributed by atoms with Gasteiger partial charge < -0.3 is 15.5 Å². The Hall–Kier alpha value is -1.55. The minimum Gasteiger partial charge on any atom is -0.378 e. The summed E-state index contributed by atoms with van der Waals surface area (Å²) < 4.78 is 0. The van der Waals surface area contributed by atoms with Crippen LogP contribution < -0.4 is 15.5 Å². The molecule has 0 bridgehead atoms. The van der Waals surface area contributed by atoms with Crippen LogP contribution in [0.1, 0.15) is 25.3 Å². The molecule has 1 fully saturated rings. The largest absolute Gasteiger partial charge is 0.378 e. The van der Waals surface area contributed by atoms with Crippen LogP contribution in [0.15, 0.2) is 24.3 Å². The maximum atomic E-state index is 12.4. The van der Waals surface area contributed by atoms with E-state index in [1.807, 2.05) is 14.1 Å². The van der Waals surface area contributed by atoms with Gasteiger partial charge >= 0.3 is 0 Å². The first-order valence-electron chi connectivity index (χ1n) is 7.33. The Balaban J connectivity index is 1.93. The lowest BCUT2D eigenvalue weighted by Gasteiger charge is -2.25. The molecule has 4 nitrogen and oxygen atoms in total. The normalized spacial score (nSPS) is 21.8. The number of hydrogen-bond donors (Lipinski definition) is 2. The molecule has 0 spiro atoms. The summed E-state index contributed by atoms with van der Waals surface area (Å²) in [6, 6.07) is 8.30. The van der Waals surface area contributed by atoms with Crippen molar-refractivity contribution in [3.63, 3.8) is 0 Å². The third-order valence-corrected chi connectivity index (χ3v) is 4.31. The van der Waals surface area contributed by atoms with Crippen LogP contribution in [0.5, 0.6) is 0 Å². The first-order chi connectivity index (χ1) is 9.57.